The van der Waals surface area contributed by atoms with Crippen molar-refractivity contribution in [1.29, 1.82) is 0 Å². The first-order chi connectivity index (χ1) is 10.5. The van der Waals surface area contributed by atoms with Crippen LogP contribution in [-0.4, -0.2) is 38.6 Å². The molecule has 1 aromatic rings. The average molecular weight is 304 g/mol. The van der Waals surface area contributed by atoms with Crippen LogP contribution in [0.3, 0.4) is 0 Å². The van der Waals surface area contributed by atoms with Crippen LogP contribution in [0, 0.1) is 12.3 Å². The van der Waals surface area contributed by atoms with Gasteiger partial charge in [0, 0.05) is 25.9 Å². The predicted octanol–water partition coefficient (Wildman–Crippen LogP) is 1.89. The number of aryl methyl sites for hydroxylation is 1. The van der Waals surface area contributed by atoms with Crippen molar-refractivity contribution in [2.45, 2.75) is 26.7 Å². The third-order valence-corrected chi connectivity index (χ3v) is 4.06. The quantitative estimate of drug-likeness (QED) is 0.618. The normalized spacial score (nSPS) is 15.2. The molecule has 0 aliphatic heterocycles. The fourth-order valence-corrected chi connectivity index (χ4v) is 2.60. The number of anilines is 1. The number of hydrogen-bond acceptors (Lipinski definition) is 3. The Balaban J connectivity index is 2.13. The van der Waals surface area contributed by atoms with Crippen molar-refractivity contribution in [3.8, 4) is 0 Å². The van der Waals surface area contributed by atoms with Crippen molar-refractivity contribution >= 4 is 17.5 Å². The Bertz CT molecular complexity index is 553. The largest absolute Gasteiger partial charge is 0.383 e. The maximum atomic E-state index is 12.9. The molecule has 1 aromatic carbocycles. The zero-order valence-electron chi connectivity index (χ0n) is 13.5. The van der Waals surface area contributed by atoms with Crippen LogP contribution in [0.15, 0.2) is 24.3 Å². The van der Waals surface area contributed by atoms with Crippen LogP contribution >= 0.6 is 0 Å². The lowest BCUT2D eigenvalue weighted by Gasteiger charge is -2.26. The predicted molar refractivity (Wildman–Crippen MR) is 85.8 cm³/mol. The molecule has 0 bridgehead atoms. The first-order valence-electron chi connectivity index (χ1n) is 7.71. The van der Waals surface area contributed by atoms with Gasteiger partial charge in [-0.1, -0.05) is 12.1 Å². The monoisotopic (exact) mass is 304 g/mol. The van der Waals surface area contributed by atoms with E-state index in [0.29, 0.717) is 32.5 Å². The Morgan fingerprint density at radius 2 is 2.09 bits per heavy atom. The van der Waals surface area contributed by atoms with E-state index in [1.165, 1.54) is 0 Å². The van der Waals surface area contributed by atoms with Crippen LogP contribution in [0.2, 0.25) is 0 Å². The van der Waals surface area contributed by atoms with Gasteiger partial charge >= 0.3 is 0 Å². The number of carbonyl (C=O) groups excluding carboxylic acids is 2. The third kappa shape index (κ3) is 3.30. The number of methoxy groups -OCH3 is 1. The van der Waals surface area contributed by atoms with Crippen molar-refractivity contribution in [2.24, 2.45) is 5.41 Å². The number of benzene rings is 1. The second kappa shape index (κ2) is 6.92. The number of nitrogens with zero attached hydrogens (tertiary/aromatic N) is 1. The molecule has 120 valence electrons. The lowest BCUT2D eigenvalue weighted by molar-refractivity contribution is -0.135. The van der Waals surface area contributed by atoms with Gasteiger partial charge in [0.25, 0.3) is 0 Å². The highest BCUT2D eigenvalue weighted by atomic mass is 16.5. The Morgan fingerprint density at radius 3 is 2.64 bits per heavy atom. The van der Waals surface area contributed by atoms with Gasteiger partial charge in [0.1, 0.15) is 5.41 Å². The number of rotatable bonds is 7. The van der Waals surface area contributed by atoms with Gasteiger partial charge in [0.15, 0.2) is 0 Å². The minimum Gasteiger partial charge on any atom is -0.383 e. The summed E-state index contributed by atoms with van der Waals surface area (Å²) in [7, 11) is 1.58. The second-order valence-electron chi connectivity index (χ2n) is 5.72. The van der Waals surface area contributed by atoms with Gasteiger partial charge in [-0.05, 0) is 44.4 Å². The summed E-state index contributed by atoms with van der Waals surface area (Å²) in [6.07, 6.45) is 1.24. The molecule has 1 saturated carbocycles. The first-order valence-corrected chi connectivity index (χ1v) is 7.71. The number of nitrogens with one attached hydrogen (secondary N) is 1. The van der Waals surface area contributed by atoms with Crippen LogP contribution in [0.5, 0.6) is 0 Å². The first kappa shape index (κ1) is 16.5. The summed E-state index contributed by atoms with van der Waals surface area (Å²) in [6.45, 7) is 5.35. The summed E-state index contributed by atoms with van der Waals surface area (Å²) in [6, 6.07) is 7.80. The van der Waals surface area contributed by atoms with E-state index in [1.807, 2.05) is 38.1 Å². The summed E-state index contributed by atoms with van der Waals surface area (Å²) < 4.78 is 4.93. The molecule has 1 fully saturated rings. The van der Waals surface area contributed by atoms with Crippen LogP contribution in [0.4, 0.5) is 5.69 Å². The smallest absolute Gasteiger partial charge is 0.242 e. The molecule has 0 unspecified atom stereocenters. The molecule has 0 heterocycles. The number of ether oxygens (including phenoxy) is 1. The van der Waals surface area contributed by atoms with E-state index in [-0.39, 0.29) is 11.8 Å². The van der Waals surface area contributed by atoms with Crippen molar-refractivity contribution in [3.63, 3.8) is 0 Å². The molecule has 0 saturated heterocycles. The van der Waals surface area contributed by atoms with Gasteiger partial charge in [0.2, 0.25) is 11.8 Å². The van der Waals surface area contributed by atoms with Gasteiger partial charge in [-0.25, -0.2) is 0 Å². The summed E-state index contributed by atoms with van der Waals surface area (Å²) in [4.78, 5) is 26.9. The summed E-state index contributed by atoms with van der Waals surface area (Å²) in [5.41, 5.74) is 1.06. The van der Waals surface area contributed by atoms with Gasteiger partial charge in [0.05, 0.1) is 6.61 Å². The Morgan fingerprint density at radius 1 is 1.36 bits per heavy atom. The van der Waals surface area contributed by atoms with Gasteiger partial charge in [-0.15, -0.1) is 0 Å². The minimum atomic E-state index is -0.881. The maximum Gasteiger partial charge on any atom is 0.242 e. The molecule has 1 aliphatic carbocycles. The van der Waals surface area contributed by atoms with Gasteiger partial charge < -0.3 is 15.0 Å². The molecular weight excluding hydrogens is 280 g/mol. The Kier molecular flexibility index (Phi) is 5.19. The molecular formula is C17H24N2O3. The van der Waals surface area contributed by atoms with E-state index in [9.17, 15) is 9.59 Å². The fraction of sp³-hybridized carbons (Fsp3) is 0.529. The van der Waals surface area contributed by atoms with E-state index in [1.54, 1.807) is 12.0 Å². The minimum absolute atomic E-state index is 0.101. The maximum absolute atomic E-state index is 12.9. The summed E-state index contributed by atoms with van der Waals surface area (Å²) in [5, 5.41) is 2.80. The molecule has 0 spiro atoms. The molecule has 2 rings (SSSR count). The lowest BCUT2D eigenvalue weighted by Crippen LogP contribution is -2.46. The highest BCUT2D eigenvalue weighted by molar-refractivity contribution is 6.14. The highest BCUT2D eigenvalue weighted by Gasteiger charge is 2.57. The number of hydrogen-bond donors (Lipinski definition) is 1. The molecule has 1 aliphatic rings. The lowest BCUT2D eigenvalue weighted by atomic mass is 10.0. The van der Waals surface area contributed by atoms with E-state index in [2.05, 4.69) is 5.32 Å². The summed E-state index contributed by atoms with van der Waals surface area (Å²) in [5.74, 6) is -0.281. The fourth-order valence-electron chi connectivity index (χ4n) is 2.60. The molecule has 5 heteroatoms. The van der Waals surface area contributed by atoms with Crippen LogP contribution in [0.1, 0.15) is 25.3 Å². The SMILES string of the molecule is CCN(C(=O)C1(C(=O)NCCOC)CC1)c1cccc(C)c1. The summed E-state index contributed by atoms with van der Waals surface area (Å²) >= 11 is 0. The third-order valence-electron chi connectivity index (χ3n) is 4.06. The van der Waals surface area contributed by atoms with E-state index < -0.39 is 5.41 Å². The van der Waals surface area contributed by atoms with E-state index in [4.69, 9.17) is 4.74 Å². The molecule has 0 atom stereocenters. The molecule has 0 aromatic heterocycles. The topological polar surface area (TPSA) is 58.6 Å². The number of carbonyl (C=O) groups is 2. The molecule has 1 N–H and O–H groups in total. The standard InChI is InChI=1S/C17H24N2O3/c1-4-19(14-7-5-6-13(2)12-14)16(21)17(8-9-17)15(20)18-10-11-22-3/h5-7,12H,4,8-11H2,1-3H3,(H,18,20). The second-order valence-corrected chi connectivity index (χ2v) is 5.72. The van der Waals surface area contributed by atoms with Crippen molar-refractivity contribution < 1.29 is 14.3 Å². The molecule has 2 amide bonds. The number of amides is 2. The van der Waals surface area contributed by atoms with Crippen LogP contribution < -0.4 is 10.2 Å². The van der Waals surface area contributed by atoms with Crippen molar-refractivity contribution in [1.82, 2.24) is 5.32 Å². The van der Waals surface area contributed by atoms with Gasteiger partial charge in [-0.2, -0.15) is 0 Å². The Hall–Kier alpha value is -1.88. The zero-order valence-corrected chi connectivity index (χ0v) is 13.5. The Labute approximate surface area is 131 Å². The van der Waals surface area contributed by atoms with Crippen LogP contribution in [-0.2, 0) is 14.3 Å². The van der Waals surface area contributed by atoms with Crippen molar-refractivity contribution in [2.75, 3.05) is 31.7 Å². The van der Waals surface area contributed by atoms with Crippen LogP contribution in [0.25, 0.3) is 0 Å². The molecule has 22 heavy (non-hydrogen) atoms. The zero-order chi connectivity index (χ0) is 16.2. The van der Waals surface area contributed by atoms with E-state index in [0.717, 1.165) is 11.3 Å². The molecule has 5 nitrogen and oxygen atoms in total. The van der Waals surface area contributed by atoms with E-state index >= 15 is 0 Å². The van der Waals surface area contributed by atoms with Gasteiger partial charge in [-0.3, -0.25) is 9.59 Å². The highest BCUT2D eigenvalue weighted by Crippen LogP contribution is 2.48. The van der Waals surface area contributed by atoms with Crippen molar-refractivity contribution in [3.05, 3.63) is 29.8 Å². The molecule has 0 radical (unpaired) electrons. The average Bonchev–Trinajstić information content (AvgIpc) is 3.30.